The molecule has 1 aromatic carbocycles. The number of para-hydroxylation sites is 2. The highest BCUT2D eigenvalue weighted by Gasteiger charge is 2.30. The Morgan fingerprint density at radius 1 is 1.18 bits per heavy atom. The van der Waals surface area contributed by atoms with E-state index in [1.165, 1.54) is 11.8 Å². The van der Waals surface area contributed by atoms with Crippen molar-refractivity contribution in [3.05, 3.63) is 47.2 Å². The fraction of sp³-hybridized carbons (Fsp3) is 0.250. The zero-order chi connectivity index (χ0) is 15.7. The highest BCUT2D eigenvalue weighted by Crippen LogP contribution is 2.38. The minimum Gasteiger partial charge on any atom is -0.439 e. The average Bonchev–Trinajstić information content (AvgIpc) is 3.01. The number of amides is 1. The second kappa shape index (κ2) is 6.14. The monoisotopic (exact) mass is 332 g/mol. The van der Waals surface area contributed by atoms with Gasteiger partial charge in [0.1, 0.15) is 4.32 Å². The Hall–Kier alpha value is -1.79. The van der Waals surface area contributed by atoms with E-state index >= 15 is 0 Å². The summed E-state index contributed by atoms with van der Waals surface area (Å²) in [6, 6.07) is 7.90. The van der Waals surface area contributed by atoms with Gasteiger partial charge in [-0.3, -0.25) is 9.69 Å². The van der Waals surface area contributed by atoms with Gasteiger partial charge in [-0.05, 0) is 32.1 Å². The maximum absolute atomic E-state index is 12.2. The van der Waals surface area contributed by atoms with Gasteiger partial charge in [0.25, 0.3) is 5.91 Å². The number of nitrogens with zero attached hydrogens (tertiary/aromatic N) is 2. The minimum atomic E-state index is -0.0343. The molecule has 1 saturated heterocycles. The average molecular weight is 332 g/mol. The van der Waals surface area contributed by atoms with E-state index in [4.69, 9.17) is 17.0 Å². The lowest BCUT2D eigenvalue weighted by Crippen LogP contribution is -2.27. The van der Waals surface area contributed by atoms with E-state index in [-0.39, 0.29) is 5.91 Å². The Labute approximate surface area is 139 Å². The molecule has 0 aromatic heterocycles. The molecule has 2 aliphatic heterocycles. The number of carbonyl (C=O) groups excluding carboxylic acids is 1. The maximum Gasteiger partial charge on any atom is 0.266 e. The summed E-state index contributed by atoms with van der Waals surface area (Å²) in [7, 11) is 0. The zero-order valence-corrected chi connectivity index (χ0v) is 14.0. The van der Waals surface area contributed by atoms with Crippen LogP contribution in [0.3, 0.4) is 0 Å². The van der Waals surface area contributed by atoms with Gasteiger partial charge in [-0.1, -0.05) is 36.1 Å². The van der Waals surface area contributed by atoms with E-state index in [0.717, 1.165) is 23.9 Å². The third-order valence-electron chi connectivity index (χ3n) is 3.52. The van der Waals surface area contributed by atoms with Gasteiger partial charge in [0.05, 0.1) is 10.6 Å². The van der Waals surface area contributed by atoms with Gasteiger partial charge in [0, 0.05) is 19.2 Å². The molecule has 1 aromatic rings. The number of thioether (sulfide) groups is 1. The minimum absolute atomic E-state index is 0.0343. The van der Waals surface area contributed by atoms with Crippen LogP contribution in [0, 0.1) is 0 Å². The number of ether oxygens (including phenoxy) is 1. The van der Waals surface area contributed by atoms with E-state index < -0.39 is 0 Å². The quantitative estimate of drug-likeness (QED) is 0.625. The molecule has 2 heterocycles. The SMILES string of the molecule is CCN1C(=O)/C(=C/C=C2/Oc3ccccc3N2CC)SC1=S. The van der Waals surface area contributed by atoms with Gasteiger partial charge in [0.15, 0.2) is 5.75 Å². The highest BCUT2D eigenvalue weighted by molar-refractivity contribution is 8.26. The van der Waals surface area contributed by atoms with Crippen molar-refractivity contribution in [1.82, 2.24) is 4.90 Å². The molecule has 0 radical (unpaired) electrons. The van der Waals surface area contributed by atoms with Crippen molar-refractivity contribution in [2.45, 2.75) is 13.8 Å². The van der Waals surface area contributed by atoms with Crippen molar-refractivity contribution in [2.24, 2.45) is 0 Å². The lowest BCUT2D eigenvalue weighted by molar-refractivity contribution is -0.122. The molecule has 0 bridgehead atoms. The van der Waals surface area contributed by atoms with Crippen LogP contribution in [0.2, 0.25) is 0 Å². The van der Waals surface area contributed by atoms with E-state index in [1.54, 1.807) is 11.0 Å². The number of anilines is 1. The van der Waals surface area contributed by atoms with Crippen molar-refractivity contribution in [2.75, 3.05) is 18.0 Å². The summed E-state index contributed by atoms with van der Waals surface area (Å²) in [5, 5.41) is 0. The van der Waals surface area contributed by atoms with Gasteiger partial charge in [-0.25, -0.2) is 0 Å². The molecule has 0 atom stereocenters. The Kier molecular flexibility index (Phi) is 4.22. The molecule has 0 unspecified atom stereocenters. The van der Waals surface area contributed by atoms with Crippen molar-refractivity contribution in [3.8, 4) is 5.75 Å². The number of thiocarbonyl (C=S) groups is 1. The topological polar surface area (TPSA) is 32.8 Å². The standard InChI is InChI=1S/C16H16N2O2S2/c1-3-17-11-7-5-6-8-12(11)20-14(17)10-9-13-15(19)18(4-2)16(21)22-13/h5-10H,3-4H2,1-2H3/b13-9-,14-10+. The Morgan fingerprint density at radius 2 is 1.91 bits per heavy atom. The van der Waals surface area contributed by atoms with Gasteiger partial charge < -0.3 is 9.64 Å². The highest BCUT2D eigenvalue weighted by atomic mass is 32.2. The third-order valence-corrected chi connectivity index (χ3v) is 4.92. The van der Waals surface area contributed by atoms with Crippen LogP contribution in [0.5, 0.6) is 5.75 Å². The molecule has 114 valence electrons. The van der Waals surface area contributed by atoms with E-state index in [1.807, 2.05) is 37.3 Å². The number of allylic oxidation sites excluding steroid dienone is 2. The molecule has 0 aliphatic carbocycles. The molecule has 6 heteroatoms. The number of likely N-dealkylation sites (N-methyl/N-ethyl adjacent to an activating group) is 1. The van der Waals surface area contributed by atoms with Gasteiger partial charge >= 0.3 is 0 Å². The predicted molar refractivity (Wildman–Crippen MR) is 93.8 cm³/mol. The summed E-state index contributed by atoms with van der Waals surface area (Å²) in [6.45, 7) is 5.38. The maximum atomic E-state index is 12.2. The summed E-state index contributed by atoms with van der Waals surface area (Å²) in [6.07, 6.45) is 3.63. The molecule has 4 nitrogen and oxygen atoms in total. The fourth-order valence-electron chi connectivity index (χ4n) is 2.44. The first-order chi connectivity index (χ1) is 10.7. The molecule has 1 fully saturated rings. The summed E-state index contributed by atoms with van der Waals surface area (Å²) in [4.78, 5) is 16.5. The van der Waals surface area contributed by atoms with Crippen molar-refractivity contribution in [3.63, 3.8) is 0 Å². The van der Waals surface area contributed by atoms with E-state index in [9.17, 15) is 4.79 Å². The normalized spacial score (nSPS) is 21.0. The Bertz CT molecular complexity index is 697. The van der Waals surface area contributed by atoms with Crippen LogP contribution in [-0.2, 0) is 4.79 Å². The van der Waals surface area contributed by atoms with Crippen molar-refractivity contribution in [1.29, 1.82) is 0 Å². The van der Waals surface area contributed by atoms with Crippen LogP contribution < -0.4 is 9.64 Å². The first kappa shape index (κ1) is 15.1. The fourth-order valence-corrected chi connectivity index (χ4v) is 3.76. The molecule has 0 N–H and O–H groups in total. The number of hydrogen-bond donors (Lipinski definition) is 0. The predicted octanol–water partition coefficient (Wildman–Crippen LogP) is 3.51. The third kappa shape index (κ3) is 2.53. The number of fused-ring (bicyclic) bond motifs is 1. The van der Waals surface area contributed by atoms with Crippen LogP contribution in [0.4, 0.5) is 5.69 Å². The Morgan fingerprint density at radius 3 is 2.59 bits per heavy atom. The summed E-state index contributed by atoms with van der Waals surface area (Å²) >= 11 is 6.54. The first-order valence-electron chi connectivity index (χ1n) is 7.15. The number of benzene rings is 1. The largest absolute Gasteiger partial charge is 0.439 e. The van der Waals surface area contributed by atoms with Gasteiger partial charge in [-0.15, -0.1) is 0 Å². The van der Waals surface area contributed by atoms with Crippen molar-refractivity contribution < 1.29 is 9.53 Å². The van der Waals surface area contributed by atoms with Crippen molar-refractivity contribution >= 4 is 39.9 Å². The first-order valence-corrected chi connectivity index (χ1v) is 8.38. The van der Waals surface area contributed by atoms with E-state index in [2.05, 4.69) is 11.8 Å². The van der Waals surface area contributed by atoms with Gasteiger partial charge in [-0.2, -0.15) is 0 Å². The summed E-state index contributed by atoms with van der Waals surface area (Å²) in [5.74, 6) is 1.53. The summed E-state index contributed by atoms with van der Waals surface area (Å²) < 4.78 is 6.47. The van der Waals surface area contributed by atoms with Crippen LogP contribution in [0.1, 0.15) is 13.8 Å². The molecule has 0 spiro atoms. The Balaban J connectivity index is 1.87. The molecule has 0 saturated carbocycles. The smallest absolute Gasteiger partial charge is 0.266 e. The van der Waals surface area contributed by atoms with Crippen LogP contribution in [0.15, 0.2) is 47.2 Å². The molecule has 3 rings (SSSR count). The van der Waals surface area contributed by atoms with Crippen LogP contribution in [0.25, 0.3) is 0 Å². The lowest BCUT2D eigenvalue weighted by atomic mass is 10.3. The van der Waals surface area contributed by atoms with Gasteiger partial charge in [0.2, 0.25) is 5.88 Å². The second-order valence-corrected chi connectivity index (χ2v) is 6.44. The molecule has 1 amide bonds. The molecular weight excluding hydrogens is 316 g/mol. The number of hydrogen-bond acceptors (Lipinski definition) is 5. The molecular formula is C16H16N2O2S2. The molecule has 2 aliphatic rings. The zero-order valence-electron chi connectivity index (χ0n) is 12.4. The van der Waals surface area contributed by atoms with Crippen LogP contribution >= 0.6 is 24.0 Å². The van der Waals surface area contributed by atoms with E-state index in [0.29, 0.717) is 15.8 Å². The van der Waals surface area contributed by atoms with Crippen LogP contribution in [-0.4, -0.2) is 28.2 Å². The second-order valence-electron chi connectivity index (χ2n) is 4.77. The molecule has 22 heavy (non-hydrogen) atoms. The summed E-state index contributed by atoms with van der Waals surface area (Å²) in [5.41, 5.74) is 1.05. The number of rotatable bonds is 3. The lowest BCUT2D eigenvalue weighted by Gasteiger charge is -2.14. The number of carbonyl (C=O) groups is 1.